The van der Waals surface area contributed by atoms with Crippen LogP contribution >= 0.6 is 11.8 Å². The number of amides is 1. The molecule has 2 aromatic rings. The van der Waals surface area contributed by atoms with E-state index >= 15 is 0 Å². The normalized spacial score (nSPS) is 12.0. The number of rotatable bonds is 5. The van der Waals surface area contributed by atoms with Crippen molar-refractivity contribution in [2.45, 2.75) is 37.5 Å². The zero-order valence-corrected chi connectivity index (χ0v) is 13.5. The van der Waals surface area contributed by atoms with Gasteiger partial charge in [-0.25, -0.2) is 0 Å². The van der Waals surface area contributed by atoms with Crippen LogP contribution in [0.25, 0.3) is 0 Å². The quantitative estimate of drug-likeness (QED) is 0.842. The van der Waals surface area contributed by atoms with E-state index in [1.807, 2.05) is 19.1 Å². The summed E-state index contributed by atoms with van der Waals surface area (Å²) in [5, 5.41) is 2.90. The predicted octanol–water partition coefficient (Wildman–Crippen LogP) is 4.10. The molecule has 1 atom stereocenters. The fraction of sp³-hybridized carbons (Fsp3) is 0.278. The summed E-state index contributed by atoms with van der Waals surface area (Å²) < 4.78 is 0. The molecule has 3 heteroatoms. The van der Waals surface area contributed by atoms with Gasteiger partial charge in [0.1, 0.15) is 0 Å². The molecule has 0 aromatic heterocycles. The van der Waals surface area contributed by atoms with Crippen molar-refractivity contribution >= 4 is 17.7 Å². The number of carbonyl (C=O) groups is 1. The van der Waals surface area contributed by atoms with Gasteiger partial charge in [0, 0.05) is 11.4 Å². The first-order valence-corrected chi connectivity index (χ1v) is 8.00. The van der Waals surface area contributed by atoms with Gasteiger partial charge in [-0.1, -0.05) is 48.0 Å². The van der Waals surface area contributed by atoms with Gasteiger partial charge in [-0.3, -0.25) is 4.79 Å². The maximum Gasteiger partial charge on any atom is 0.233 e. The molecular weight excluding hydrogens is 278 g/mol. The van der Waals surface area contributed by atoms with Gasteiger partial charge in [0.2, 0.25) is 5.91 Å². The van der Waals surface area contributed by atoms with Gasteiger partial charge in [-0.2, -0.15) is 0 Å². The molecule has 0 heterocycles. The molecule has 0 fully saturated rings. The second kappa shape index (κ2) is 7.32. The molecule has 0 aliphatic rings. The van der Waals surface area contributed by atoms with E-state index in [1.165, 1.54) is 11.1 Å². The average molecular weight is 299 g/mol. The van der Waals surface area contributed by atoms with Crippen molar-refractivity contribution in [3.63, 3.8) is 0 Å². The number of nitrogens with one attached hydrogen (secondary N) is 1. The molecule has 0 aliphatic carbocycles. The number of benzene rings is 2. The van der Waals surface area contributed by atoms with Crippen LogP contribution in [0.3, 0.4) is 0 Å². The van der Waals surface area contributed by atoms with Gasteiger partial charge < -0.3 is 5.32 Å². The molecule has 2 aromatic carbocycles. The second-order valence-corrected chi connectivity index (χ2v) is 6.61. The highest BCUT2D eigenvalue weighted by atomic mass is 32.2. The van der Waals surface area contributed by atoms with Crippen molar-refractivity contribution in [2.24, 2.45) is 0 Å². The summed E-state index contributed by atoms with van der Waals surface area (Å²) in [7, 11) is 0. The Balaban J connectivity index is 1.88. The lowest BCUT2D eigenvalue weighted by atomic mass is 10.1. The fourth-order valence-corrected chi connectivity index (χ4v) is 2.95. The highest BCUT2D eigenvalue weighted by Crippen LogP contribution is 2.26. The SMILES string of the molecule is Cc1ccc(CNC(=O)C(C)Sc2ccccc2C)cc1. The molecule has 1 amide bonds. The lowest BCUT2D eigenvalue weighted by Gasteiger charge is -2.13. The van der Waals surface area contributed by atoms with Crippen LogP contribution in [-0.2, 0) is 11.3 Å². The van der Waals surface area contributed by atoms with E-state index in [0.29, 0.717) is 6.54 Å². The first-order chi connectivity index (χ1) is 10.1. The molecule has 21 heavy (non-hydrogen) atoms. The highest BCUT2D eigenvalue weighted by Gasteiger charge is 2.14. The Morgan fingerprint density at radius 1 is 1.10 bits per heavy atom. The predicted molar refractivity (Wildman–Crippen MR) is 89.5 cm³/mol. The van der Waals surface area contributed by atoms with Crippen LogP contribution in [0.1, 0.15) is 23.6 Å². The van der Waals surface area contributed by atoms with Crippen molar-refractivity contribution in [3.8, 4) is 0 Å². The van der Waals surface area contributed by atoms with Crippen molar-refractivity contribution in [2.75, 3.05) is 0 Å². The number of carbonyl (C=O) groups excluding carboxylic acids is 1. The van der Waals surface area contributed by atoms with E-state index in [1.54, 1.807) is 11.8 Å². The first-order valence-electron chi connectivity index (χ1n) is 7.12. The standard InChI is InChI=1S/C18H21NOS/c1-13-8-10-16(11-9-13)12-19-18(20)15(3)21-17-7-5-4-6-14(17)2/h4-11,15H,12H2,1-3H3,(H,19,20). The Bertz CT molecular complexity index is 607. The van der Waals surface area contributed by atoms with Gasteiger partial charge in [-0.05, 0) is 38.0 Å². The summed E-state index contributed by atoms with van der Waals surface area (Å²) in [5.74, 6) is 0.0730. The topological polar surface area (TPSA) is 29.1 Å². The van der Waals surface area contributed by atoms with Crippen LogP contribution in [0.5, 0.6) is 0 Å². The summed E-state index contributed by atoms with van der Waals surface area (Å²) in [4.78, 5) is 13.3. The van der Waals surface area contributed by atoms with E-state index < -0.39 is 0 Å². The summed E-state index contributed by atoms with van der Waals surface area (Å²) in [6, 6.07) is 16.4. The molecule has 1 N–H and O–H groups in total. The van der Waals surface area contributed by atoms with Gasteiger partial charge >= 0.3 is 0 Å². The highest BCUT2D eigenvalue weighted by molar-refractivity contribution is 8.00. The Labute approximate surface area is 131 Å². The molecule has 0 saturated carbocycles. The second-order valence-electron chi connectivity index (χ2n) is 5.23. The minimum absolute atomic E-state index is 0.0730. The van der Waals surface area contributed by atoms with Crippen molar-refractivity contribution < 1.29 is 4.79 Å². The number of hydrogen-bond acceptors (Lipinski definition) is 2. The summed E-state index contributed by atoms with van der Waals surface area (Å²) in [6.45, 7) is 6.65. The zero-order chi connectivity index (χ0) is 15.2. The summed E-state index contributed by atoms with van der Waals surface area (Å²) in [6.07, 6.45) is 0. The molecule has 0 aliphatic heterocycles. The Morgan fingerprint density at radius 3 is 2.43 bits per heavy atom. The third-order valence-electron chi connectivity index (χ3n) is 3.35. The molecule has 2 rings (SSSR count). The van der Waals surface area contributed by atoms with Gasteiger partial charge in [-0.15, -0.1) is 11.8 Å². The molecule has 0 saturated heterocycles. The van der Waals surface area contributed by atoms with Crippen LogP contribution in [0.2, 0.25) is 0 Å². The third-order valence-corrected chi connectivity index (χ3v) is 4.63. The summed E-state index contributed by atoms with van der Waals surface area (Å²) in [5.41, 5.74) is 3.57. The fourth-order valence-electron chi connectivity index (χ4n) is 1.97. The van der Waals surface area contributed by atoms with Crippen LogP contribution < -0.4 is 5.32 Å². The van der Waals surface area contributed by atoms with Crippen LogP contribution in [0, 0.1) is 13.8 Å². The molecule has 1 unspecified atom stereocenters. The lowest BCUT2D eigenvalue weighted by Crippen LogP contribution is -2.30. The molecule has 2 nitrogen and oxygen atoms in total. The lowest BCUT2D eigenvalue weighted by molar-refractivity contribution is -0.120. The minimum atomic E-state index is -0.100. The largest absolute Gasteiger partial charge is 0.351 e. The Morgan fingerprint density at radius 2 is 1.76 bits per heavy atom. The van der Waals surface area contributed by atoms with E-state index in [4.69, 9.17) is 0 Å². The van der Waals surface area contributed by atoms with E-state index in [0.717, 1.165) is 10.5 Å². The zero-order valence-electron chi connectivity index (χ0n) is 12.7. The van der Waals surface area contributed by atoms with Crippen molar-refractivity contribution in [3.05, 3.63) is 65.2 Å². The number of thioether (sulfide) groups is 1. The molecular formula is C18H21NOS. The van der Waals surface area contributed by atoms with Gasteiger partial charge in [0.25, 0.3) is 0 Å². The van der Waals surface area contributed by atoms with E-state index in [9.17, 15) is 4.79 Å². The molecule has 110 valence electrons. The Kier molecular flexibility index (Phi) is 5.45. The average Bonchev–Trinajstić information content (AvgIpc) is 2.48. The van der Waals surface area contributed by atoms with Crippen molar-refractivity contribution in [1.82, 2.24) is 5.32 Å². The Hall–Kier alpha value is -1.74. The molecule has 0 bridgehead atoms. The van der Waals surface area contributed by atoms with Crippen LogP contribution in [0.15, 0.2) is 53.4 Å². The number of hydrogen-bond donors (Lipinski definition) is 1. The number of aryl methyl sites for hydroxylation is 2. The summed E-state index contributed by atoms with van der Waals surface area (Å²) >= 11 is 1.60. The van der Waals surface area contributed by atoms with Gasteiger partial charge in [0.15, 0.2) is 0 Å². The van der Waals surface area contributed by atoms with E-state index in [2.05, 4.69) is 55.6 Å². The third kappa shape index (κ3) is 4.64. The maximum absolute atomic E-state index is 12.2. The smallest absolute Gasteiger partial charge is 0.233 e. The van der Waals surface area contributed by atoms with Crippen molar-refractivity contribution in [1.29, 1.82) is 0 Å². The first kappa shape index (κ1) is 15.6. The van der Waals surface area contributed by atoms with E-state index in [-0.39, 0.29) is 11.2 Å². The van der Waals surface area contributed by atoms with Crippen LogP contribution in [-0.4, -0.2) is 11.2 Å². The monoisotopic (exact) mass is 299 g/mol. The molecule has 0 spiro atoms. The minimum Gasteiger partial charge on any atom is -0.351 e. The van der Waals surface area contributed by atoms with Gasteiger partial charge in [0.05, 0.1) is 5.25 Å². The molecule has 0 radical (unpaired) electrons. The maximum atomic E-state index is 12.2. The van der Waals surface area contributed by atoms with Crippen LogP contribution in [0.4, 0.5) is 0 Å².